The Balaban J connectivity index is 1.13. The molecule has 0 atom stereocenters. The van der Waals surface area contributed by atoms with Crippen molar-refractivity contribution in [3.63, 3.8) is 0 Å². The van der Waals surface area contributed by atoms with Crippen molar-refractivity contribution < 1.29 is 4.42 Å². The van der Waals surface area contributed by atoms with Gasteiger partial charge in [-0.2, -0.15) is 0 Å². The smallest absolute Gasteiger partial charge is 0.137 e. The normalized spacial score (nSPS) is 11.5. The quantitative estimate of drug-likeness (QED) is 0.163. The third-order valence-corrected chi connectivity index (χ3v) is 12.0. The first-order valence-corrected chi connectivity index (χ1v) is 20.0. The molecule has 268 valence electrons. The Morgan fingerprint density at radius 1 is 0.404 bits per heavy atom. The maximum atomic E-state index is 6.70. The highest BCUT2D eigenvalue weighted by atomic mass is 32.1. The molecule has 11 aromatic rings. The maximum Gasteiger partial charge on any atom is 0.137 e. The summed E-state index contributed by atoms with van der Waals surface area (Å²) < 4.78 is 7.80. The van der Waals surface area contributed by atoms with Crippen LogP contribution in [0.3, 0.4) is 0 Å². The molecule has 0 fully saturated rings. The zero-order valence-electron chi connectivity index (χ0n) is 30.8. The van der Waals surface area contributed by atoms with Gasteiger partial charge in [-0.25, -0.2) is 4.98 Å². The van der Waals surface area contributed by atoms with Gasteiger partial charge in [0.05, 0.1) is 27.0 Å². The van der Waals surface area contributed by atoms with Crippen LogP contribution in [0.1, 0.15) is 0 Å². The minimum atomic E-state index is 0.839. The van der Waals surface area contributed by atoms with Crippen LogP contribution in [0.2, 0.25) is 0 Å². The molecule has 3 nitrogen and oxygen atoms in total. The van der Waals surface area contributed by atoms with Crippen molar-refractivity contribution in [3.05, 3.63) is 206 Å². The lowest BCUT2D eigenvalue weighted by molar-refractivity contribution is 0.669. The molecule has 0 aliphatic carbocycles. The molecule has 0 saturated heterocycles. The van der Waals surface area contributed by atoms with Gasteiger partial charge in [0, 0.05) is 28.1 Å². The molecule has 2 aromatic heterocycles. The molecule has 0 aliphatic heterocycles. The number of nitrogens with zero attached hydrogens (tertiary/aromatic N) is 2. The highest BCUT2D eigenvalue weighted by Gasteiger charge is 2.23. The summed E-state index contributed by atoms with van der Waals surface area (Å²) >= 11 is 1.70. The van der Waals surface area contributed by atoms with Crippen LogP contribution in [0.15, 0.2) is 211 Å². The van der Waals surface area contributed by atoms with E-state index in [4.69, 9.17) is 9.40 Å². The standard InChI is InChI=1S/C53H34N2OS/c1-4-13-35(14-5-1)37-23-25-39(26-24-37)42-31-41-19-10-11-20-44(41)48(32-42)55(43-29-27-38(28-30-43)36-15-6-2-7-16-36)47-21-12-22-49-52(47)45-33-46-51(34-50(45)56-49)57-53(54-46)40-17-8-3-9-18-40/h1-34H. The minimum absolute atomic E-state index is 0.839. The van der Waals surface area contributed by atoms with E-state index in [1.807, 2.05) is 6.07 Å². The Bertz CT molecular complexity index is 3210. The first-order chi connectivity index (χ1) is 28.2. The van der Waals surface area contributed by atoms with E-state index < -0.39 is 0 Å². The van der Waals surface area contributed by atoms with E-state index in [9.17, 15) is 0 Å². The van der Waals surface area contributed by atoms with E-state index in [1.165, 1.54) is 27.6 Å². The Morgan fingerprint density at radius 3 is 1.67 bits per heavy atom. The van der Waals surface area contributed by atoms with Gasteiger partial charge >= 0.3 is 0 Å². The number of rotatable bonds is 7. The number of fused-ring (bicyclic) bond motifs is 5. The molecule has 0 saturated carbocycles. The van der Waals surface area contributed by atoms with Gasteiger partial charge in [0.1, 0.15) is 16.2 Å². The fraction of sp³-hybridized carbons (Fsp3) is 0. The van der Waals surface area contributed by atoms with Crippen molar-refractivity contribution in [2.24, 2.45) is 0 Å². The molecular weight excluding hydrogens is 713 g/mol. The van der Waals surface area contributed by atoms with E-state index in [2.05, 4.69) is 205 Å². The Morgan fingerprint density at radius 2 is 0.982 bits per heavy atom. The van der Waals surface area contributed by atoms with Crippen LogP contribution in [-0.4, -0.2) is 4.98 Å². The number of benzene rings is 9. The van der Waals surface area contributed by atoms with Crippen molar-refractivity contribution in [2.75, 3.05) is 4.90 Å². The van der Waals surface area contributed by atoms with E-state index in [0.717, 1.165) is 76.3 Å². The van der Waals surface area contributed by atoms with E-state index in [0.29, 0.717) is 0 Å². The lowest BCUT2D eigenvalue weighted by Gasteiger charge is -2.28. The summed E-state index contributed by atoms with van der Waals surface area (Å²) in [5.74, 6) is 0. The second kappa shape index (κ2) is 13.8. The molecule has 0 bridgehead atoms. The fourth-order valence-electron chi connectivity index (χ4n) is 8.09. The predicted molar refractivity (Wildman–Crippen MR) is 241 cm³/mol. The zero-order valence-corrected chi connectivity index (χ0v) is 31.7. The van der Waals surface area contributed by atoms with Crippen LogP contribution >= 0.6 is 11.3 Å². The van der Waals surface area contributed by atoms with Gasteiger partial charge < -0.3 is 9.32 Å². The first-order valence-electron chi connectivity index (χ1n) is 19.2. The first kappa shape index (κ1) is 33.1. The number of furan rings is 1. The van der Waals surface area contributed by atoms with Crippen molar-refractivity contribution >= 4 is 71.3 Å². The van der Waals surface area contributed by atoms with Crippen LogP contribution in [0.4, 0.5) is 17.1 Å². The Hall–Kier alpha value is -7.27. The van der Waals surface area contributed by atoms with Crippen molar-refractivity contribution in [1.29, 1.82) is 0 Å². The van der Waals surface area contributed by atoms with Gasteiger partial charge in [-0.1, -0.05) is 158 Å². The summed E-state index contributed by atoms with van der Waals surface area (Å²) in [6, 6.07) is 73.5. The monoisotopic (exact) mass is 746 g/mol. The summed E-state index contributed by atoms with van der Waals surface area (Å²) in [6.07, 6.45) is 0. The molecular formula is C53H34N2OS. The highest BCUT2D eigenvalue weighted by molar-refractivity contribution is 7.21. The summed E-state index contributed by atoms with van der Waals surface area (Å²) in [4.78, 5) is 7.54. The Kier molecular flexibility index (Phi) is 8.01. The van der Waals surface area contributed by atoms with E-state index in [1.54, 1.807) is 11.3 Å². The van der Waals surface area contributed by atoms with Crippen LogP contribution < -0.4 is 4.90 Å². The molecule has 11 rings (SSSR count). The maximum absolute atomic E-state index is 6.70. The van der Waals surface area contributed by atoms with Crippen LogP contribution in [0, 0.1) is 0 Å². The fourth-order valence-corrected chi connectivity index (χ4v) is 9.07. The molecule has 2 heterocycles. The molecule has 4 heteroatoms. The number of aromatic nitrogens is 1. The van der Waals surface area contributed by atoms with Crippen LogP contribution in [0.5, 0.6) is 0 Å². The lowest BCUT2D eigenvalue weighted by Crippen LogP contribution is -2.11. The molecule has 0 N–H and O–H groups in total. The summed E-state index contributed by atoms with van der Waals surface area (Å²) in [5.41, 5.74) is 14.0. The average Bonchev–Trinajstić information content (AvgIpc) is 3.88. The molecule has 57 heavy (non-hydrogen) atoms. The average molecular weight is 747 g/mol. The number of anilines is 3. The topological polar surface area (TPSA) is 29.3 Å². The molecule has 0 radical (unpaired) electrons. The summed E-state index contributed by atoms with van der Waals surface area (Å²) in [6.45, 7) is 0. The van der Waals surface area contributed by atoms with Gasteiger partial charge in [-0.05, 0) is 81.2 Å². The largest absolute Gasteiger partial charge is 0.456 e. The van der Waals surface area contributed by atoms with Gasteiger partial charge in [-0.15, -0.1) is 11.3 Å². The molecule has 0 unspecified atom stereocenters. The number of hydrogen-bond donors (Lipinski definition) is 0. The third kappa shape index (κ3) is 5.95. The van der Waals surface area contributed by atoms with Crippen molar-refractivity contribution in [1.82, 2.24) is 4.98 Å². The van der Waals surface area contributed by atoms with Crippen LogP contribution in [0.25, 0.3) is 86.9 Å². The number of hydrogen-bond acceptors (Lipinski definition) is 4. The van der Waals surface area contributed by atoms with Gasteiger partial charge in [-0.3, -0.25) is 0 Å². The molecule has 0 aliphatic rings. The van der Waals surface area contributed by atoms with Crippen LogP contribution in [-0.2, 0) is 0 Å². The van der Waals surface area contributed by atoms with Gasteiger partial charge in [0.25, 0.3) is 0 Å². The zero-order chi connectivity index (χ0) is 37.7. The second-order valence-electron chi connectivity index (χ2n) is 14.4. The van der Waals surface area contributed by atoms with Gasteiger partial charge in [0.2, 0.25) is 0 Å². The second-order valence-corrected chi connectivity index (χ2v) is 15.4. The SMILES string of the molecule is c1ccc(-c2ccc(-c3cc(N(c4ccc(-c5ccccc5)cc4)c4cccc5oc6cc7sc(-c8ccccc8)nc7cc6c45)c4ccccc4c3)cc2)cc1. The van der Waals surface area contributed by atoms with Crippen molar-refractivity contribution in [3.8, 4) is 44.0 Å². The van der Waals surface area contributed by atoms with E-state index >= 15 is 0 Å². The summed E-state index contributed by atoms with van der Waals surface area (Å²) in [7, 11) is 0. The summed E-state index contributed by atoms with van der Waals surface area (Å²) in [5, 5.41) is 5.43. The van der Waals surface area contributed by atoms with Crippen molar-refractivity contribution in [2.45, 2.75) is 0 Å². The molecule has 0 amide bonds. The van der Waals surface area contributed by atoms with E-state index in [-0.39, 0.29) is 0 Å². The predicted octanol–water partition coefficient (Wildman–Crippen LogP) is 15.5. The van der Waals surface area contributed by atoms with Gasteiger partial charge in [0.15, 0.2) is 0 Å². The Labute approximate surface area is 334 Å². The minimum Gasteiger partial charge on any atom is -0.456 e. The molecule has 9 aromatic carbocycles. The molecule has 0 spiro atoms. The number of thiazole rings is 1. The third-order valence-electron chi connectivity index (χ3n) is 10.9. The highest BCUT2D eigenvalue weighted by Crippen LogP contribution is 2.47. The lowest BCUT2D eigenvalue weighted by atomic mass is 9.96.